The minimum atomic E-state index is -0.372. The van der Waals surface area contributed by atoms with Gasteiger partial charge in [0.2, 0.25) is 0 Å². The lowest BCUT2D eigenvalue weighted by Crippen LogP contribution is -2.24. The number of rotatable bonds is 6. The molecular formula is C20H16BrClN2O3. The van der Waals surface area contributed by atoms with Crippen LogP contribution in [0.15, 0.2) is 68.6 Å². The Labute approximate surface area is 170 Å². The smallest absolute Gasteiger partial charge is 0.277 e. The third kappa shape index (κ3) is 5.45. The van der Waals surface area contributed by atoms with Gasteiger partial charge in [-0.1, -0.05) is 17.7 Å². The third-order valence-corrected chi connectivity index (χ3v) is 4.45. The van der Waals surface area contributed by atoms with E-state index in [4.69, 9.17) is 20.8 Å². The Kier molecular flexibility index (Phi) is 6.32. The first-order valence-corrected chi connectivity index (χ1v) is 9.25. The zero-order valence-corrected chi connectivity index (χ0v) is 16.8. The third-order valence-electron chi connectivity index (χ3n) is 3.58. The number of amides is 1. The van der Waals surface area contributed by atoms with Gasteiger partial charge in [-0.15, -0.1) is 0 Å². The Morgan fingerprint density at radius 3 is 2.74 bits per heavy atom. The Hall–Kier alpha value is -2.57. The first-order valence-electron chi connectivity index (χ1n) is 8.08. The SMILES string of the molecule is Cc1ccc(OCC(=O)N/N=C/c2ccc(-c3ccc(Cl)cc3)o2)c(Br)c1. The van der Waals surface area contributed by atoms with Crippen molar-refractivity contribution in [2.45, 2.75) is 6.92 Å². The lowest BCUT2D eigenvalue weighted by Gasteiger charge is -2.07. The van der Waals surface area contributed by atoms with Gasteiger partial charge in [0.25, 0.3) is 5.91 Å². The number of nitrogens with one attached hydrogen (secondary N) is 1. The molecule has 2 aromatic carbocycles. The van der Waals surface area contributed by atoms with E-state index in [-0.39, 0.29) is 12.5 Å². The molecule has 0 unspecified atom stereocenters. The zero-order valence-electron chi connectivity index (χ0n) is 14.4. The molecule has 0 radical (unpaired) electrons. The number of hydrazone groups is 1. The predicted molar refractivity (Wildman–Crippen MR) is 109 cm³/mol. The number of benzene rings is 2. The number of hydrogen-bond acceptors (Lipinski definition) is 4. The maximum absolute atomic E-state index is 11.8. The number of aryl methyl sites for hydroxylation is 1. The highest BCUT2D eigenvalue weighted by atomic mass is 79.9. The van der Waals surface area contributed by atoms with Crippen molar-refractivity contribution in [1.82, 2.24) is 5.43 Å². The van der Waals surface area contributed by atoms with E-state index < -0.39 is 0 Å². The van der Waals surface area contributed by atoms with Crippen molar-refractivity contribution < 1.29 is 13.9 Å². The highest BCUT2D eigenvalue weighted by Gasteiger charge is 2.06. The second-order valence-corrected chi connectivity index (χ2v) is 7.02. The number of furan rings is 1. The Morgan fingerprint density at radius 2 is 2.00 bits per heavy atom. The van der Waals surface area contributed by atoms with Crippen LogP contribution in [0.5, 0.6) is 5.75 Å². The molecule has 1 N–H and O–H groups in total. The molecule has 7 heteroatoms. The molecule has 5 nitrogen and oxygen atoms in total. The van der Waals surface area contributed by atoms with Gasteiger partial charge in [-0.25, -0.2) is 5.43 Å². The minimum Gasteiger partial charge on any atom is -0.483 e. The predicted octanol–water partition coefficient (Wildman–Crippen LogP) is 5.20. The Balaban J connectivity index is 1.51. The maximum Gasteiger partial charge on any atom is 0.277 e. The van der Waals surface area contributed by atoms with E-state index in [0.717, 1.165) is 15.6 Å². The molecule has 0 bridgehead atoms. The molecule has 3 aromatic rings. The largest absolute Gasteiger partial charge is 0.483 e. The van der Waals surface area contributed by atoms with Gasteiger partial charge in [-0.05, 0) is 76.9 Å². The molecule has 1 heterocycles. The molecule has 0 aliphatic heterocycles. The summed E-state index contributed by atoms with van der Waals surface area (Å²) in [6.45, 7) is 1.83. The van der Waals surface area contributed by atoms with E-state index in [2.05, 4.69) is 26.5 Å². The van der Waals surface area contributed by atoms with Crippen LogP contribution in [-0.4, -0.2) is 18.7 Å². The molecule has 0 spiro atoms. The Morgan fingerprint density at radius 1 is 1.22 bits per heavy atom. The zero-order chi connectivity index (χ0) is 19.2. The number of ether oxygens (including phenoxy) is 1. The summed E-state index contributed by atoms with van der Waals surface area (Å²) in [6, 6.07) is 16.5. The molecule has 0 saturated heterocycles. The summed E-state index contributed by atoms with van der Waals surface area (Å²) in [7, 11) is 0. The van der Waals surface area contributed by atoms with Gasteiger partial charge in [-0.3, -0.25) is 4.79 Å². The van der Waals surface area contributed by atoms with E-state index in [1.165, 1.54) is 6.21 Å². The highest BCUT2D eigenvalue weighted by Crippen LogP contribution is 2.25. The fourth-order valence-corrected chi connectivity index (χ4v) is 2.99. The van der Waals surface area contributed by atoms with Crippen LogP contribution < -0.4 is 10.2 Å². The number of carbonyl (C=O) groups excluding carboxylic acids is 1. The van der Waals surface area contributed by atoms with Gasteiger partial charge in [-0.2, -0.15) is 5.10 Å². The van der Waals surface area contributed by atoms with Crippen molar-refractivity contribution in [2.24, 2.45) is 5.10 Å². The van der Waals surface area contributed by atoms with Crippen molar-refractivity contribution in [3.8, 4) is 17.1 Å². The molecule has 27 heavy (non-hydrogen) atoms. The van der Waals surface area contributed by atoms with Gasteiger partial charge in [0.15, 0.2) is 6.61 Å². The van der Waals surface area contributed by atoms with Gasteiger partial charge in [0, 0.05) is 10.6 Å². The molecular weight excluding hydrogens is 432 g/mol. The van der Waals surface area contributed by atoms with Crippen LogP contribution >= 0.6 is 27.5 Å². The fourth-order valence-electron chi connectivity index (χ4n) is 2.26. The van der Waals surface area contributed by atoms with Crippen LogP contribution in [0.3, 0.4) is 0 Å². The van der Waals surface area contributed by atoms with Crippen molar-refractivity contribution >= 4 is 39.7 Å². The van der Waals surface area contributed by atoms with E-state index in [1.54, 1.807) is 24.3 Å². The lowest BCUT2D eigenvalue weighted by molar-refractivity contribution is -0.123. The summed E-state index contributed by atoms with van der Waals surface area (Å²) in [6.07, 6.45) is 1.43. The van der Waals surface area contributed by atoms with Crippen LogP contribution in [-0.2, 0) is 4.79 Å². The Bertz CT molecular complexity index is 968. The van der Waals surface area contributed by atoms with Gasteiger partial charge >= 0.3 is 0 Å². The second kappa shape index (κ2) is 8.88. The summed E-state index contributed by atoms with van der Waals surface area (Å²) in [5.41, 5.74) is 4.40. The average Bonchev–Trinajstić information content (AvgIpc) is 3.10. The molecule has 0 aliphatic rings. The summed E-state index contributed by atoms with van der Waals surface area (Å²) in [4.78, 5) is 11.8. The number of nitrogens with zero attached hydrogens (tertiary/aromatic N) is 1. The molecule has 0 saturated carbocycles. The first kappa shape index (κ1) is 19.2. The van der Waals surface area contributed by atoms with Crippen LogP contribution in [0.1, 0.15) is 11.3 Å². The quantitative estimate of drug-likeness (QED) is 0.417. The molecule has 138 valence electrons. The van der Waals surface area contributed by atoms with Gasteiger partial charge < -0.3 is 9.15 Å². The molecule has 1 amide bonds. The van der Waals surface area contributed by atoms with Crippen molar-refractivity contribution in [3.05, 3.63) is 75.4 Å². The summed E-state index contributed by atoms with van der Waals surface area (Å²) in [5, 5.41) is 4.54. The van der Waals surface area contributed by atoms with Crippen LogP contribution in [0.25, 0.3) is 11.3 Å². The average molecular weight is 448 g/mol. The second-order valence-electron chi connectivity index (χ2n) is 5.72. The van der Waals surface area contributed by atoms with Gasteiger partial charge in [0.05, 0.1) is 10.7 Å². The van der Waals surface area contributed by atoms with E-state index in [1.807, 2.05) is 37.3 Å². The van der Waals surface area contributed by atoms with Crippen LogP contribution in [0.2, 0.25) is 5.02 Å². The number of halogens is 2. The standard InChI is InChI=1S/C20H16BrClN2O3/c1-13-2-8-19(17(21)10-13)26-12-20(25)24-23-11-16-7-9-18(27-16)14-3-5-15(22)6-4-14/h2-11H,12H2,1H3,(H,24,25)/b23-11+. The topological polar surface area (TPSA) is 63.8 Å². The molecule has 1 aromatic heterocycles. The van der Waals surface area contributed by atoms with Crippen LogP contribution in [0.4, 0.5) is 0 Å². The molecule has 3 rings (SSSR count). The number of hydrogen-bond donors (Lipinski definition) is 1. The van der Waals surface area contributed by atoms with E-state index in [0.29, 0.717) is 22.3 Å². The van der Waals surface area contributed by atoms with E-state index in [9.17, 15) is 4.79 Å². The summed E-state index contributed by atoms with van der Waals surface area (Å²) >= 11 is 9.28. The van der Waals surface area contributed by atoms with E-state index >= 15 is 0 Å². The van der Waals surface area contributed by atoms with Crippen LogP contribution in [0, 0.1) is 6.92 Å². The maximum atomic E-state index is 11.8. The first-order chi connectivity index (χ1) is 13.0. The number of carbonyl (C=O) groups is 1. The molecule has 0 fully saturated rings. The van der Waals surface area contributed by atoms with Gasteiger partial charge in [0.1, 0.15) is 17.3 Å². The summed E-state index contributed by atoms with van der Waals surface area (Å²) in [5.74, 6) is 1.43. The normalized spacial score (nSPS) is 10.9. The highest BCUT2D eigenvalue weighted by molar-refractivity contribution is 9.10. The fraction of sp³-hybridized carbons (Fsp3) is 0.100. The monoisotopic (exact) mass is 446 g/mol. The summed E-state index contributed by atoms with van der Waals surface area (Å²) < 4.78 is 11.9. The lowest BCUT2D eigenvalue weighted by atomic mass is 10.2. The van der Waals surface area contributed by atoms with Crippen molar-refractivity contribution in [1.29, 1.82) is 0 Å². The molecule has 0 aliphatic carbocycles. The minimum absolute atomic E-state index is 0.146. The van der Waals surface area contributed by atoms with Crippen molar-refractivity contribution in [2.75, 3.05) is 6.61 Å². The molecule has 0 atom stereocenters. The van der Waals surface area contributed by atoms with Crippen molar-refractivity contribution in [3.63, 3.8) is 0 Å².